The van der Waals surface area contributed by atoms with Gasteiger partial charge in [-0.1, -0.05) is 6.08 Å². The van der Waals surface area contributed by atoms with Crippen molar-refractivity contribution in [2.24, 2.45) is 0 Å². The Labute approximate surface area is 31.5 Å². The minimum Gasteiger partial charge on any atom is -0.193 e. The van der Waals surface area contributed by atoms with Gasteiger partial charge in [-0.05, 0) is 6.92 Å². The molecular weight excluding hydrogens is 62.1 g/mol. The van der Waals surface area contributed by atoms with E-state index in [4.69, 9.17) is 5.26 Å². The molecule has 0 spiro atoms. The third kappa shape index (κ3) is 3.23. The van der Waals surface area contributed by atoms with E-state index in [9.17, 15) is 0 Å². The second-order valence-corrected chi connectivity index (χ2v) is 0.531. The lowest BCUT2D eigenvalue weighted by atomic mass is 10.6. The van der Waals surface area contributed by atoms with Crippen molar-refractivity contribution in [3.63, 3.8) is 0 Å². The van der Waals surface area contributed by atoms with Crippen molar-refractivity contribution in [3.8, 4) is 6.07 Å². The Hall–Kier alpha value is -0.770. The van der Waals surface area contributed by atoms with Crippen molar-refractivity contribution in [2.75, 3.05) is 0 Å². The van der Waals surface area contributed by atoms with E-state index in [0.717, 1.165) is 0 Å². The first kappa shape index (κ1) is 4.23. The van der Waals surface area contributed by atoms with Crippen LogP contribution in [-0.4, -0.2) is 0 Å². The largest absolute Gasteiger partial charge is 0.193 e. The van der Waals surface area contributed by atoms with Crippen LogP contribution >= 0.6 is 0 Å². The monoisotopic (exact) mass is 66.0 g/mol. The highest BCUT2D eigenvalue weighted by Crippen LogP contribution is 1.57. The molecular formula is C4H4N. The summed E-state index contributed by atoms with van der Waals surface area (Å²) in [6, 6.07) is 1.77. The Kier molecular flexibility index (Phi) is 2.73. The summed E-state index contributed by atoms with van der Waals surface area (Å²) in [7, 11) is 0. The molecule has 0 saturated heterocycles. The van der Waals surface area contributed by atoms with Crippen molar-refractivity contribution in [1.29, 1.82) is 5.26 Å². The maximum absolute atomic E-state index is 7.69. The number of nitrogens with zero attached hydrogens (tertiary/aromatic N) is 1. The molecule has 1 heteroatoms. The minimum absolute atomic E-state index is 1.32. The molecule has 0 aliphatic carbocycles. The van der Waals surface area contributed by atoms with Crippen LogP contribution in [0.2, 0.25) is 0 Å². The summed E-state index contributed by atoms with van der Waals surface area (Å²) >= 11 is 0. The van der Waals surface area contributed by atoms with Crippen molar-refractivity contribution in [3.05, 3.63) is 19.1 Å². The molecule has 1 radical (unpaired) electrons. The smallest absolute Gasteiger partial charge is 0.0908 e. The van der Waals surface area contributed by atoms with Gasteiger partial charge in [-0.2, -0.15) is 5.26 Å². The number of hydrogen-bond donors (Lipinski definition) is 0. The van der Waals surface area contributed by atoms with Gasteiger partial charge in [0.15, 0.2) is 0 Å². The van der Waals surface area contributed by atoms with Gasteiger partial charge in [-0.25, -0.2) is 0 Å². The molecule has 0 N–H and O–H groups in total. The number of hydrogen-bond acceptors (Lipinski definition) is 1. The summed E-state index contributed by atoms with van der Waals surface area (Å²) in [5, 5.41) is 7.69. The molecule has 0 rings (SSSR count). The fourth-order valence-corrected chi connectivity index (χ4v) is 0.0527. The van der Waals surface area contributed by atoms with Crippen LogP contribution in [0.15, 0.2) is 12.2 Å². The molecule has 0 aliphatic heterocycles. The zero-order chi connectivity index (χ0) is 4.12. The molecule has 1 nitrogen and oxygen atoms in total. The summed E-state index contributed by atoms with van der Waals surface area (Å²) in [4.78, 5) is 0. The molecule has 0 bridgehead atoms. The molecule has 0 aromatic carbocycles. The normalized spacial score (nSPS) is 8.00. The van der Waals surface area contributed by atoms with Crippen molar-refractivity contribution < 1.29 is 0 Å². The van der Waals surface area contributed by atoms with E-state index in [1.54, 1.807) is 6.07 Å². The Balaban J connectivity index is 3.04. The third-order valence-corrected chi connectivity index (χ3v) is 0.192. The standard InChI is InChI=1S/C4H4N/c1-2-3-4-5/h2-3H,1H2/b3-2+. The average Bonchev–Trinajstić information content (AvgIpc) is 1.41. The van der Waals surface area contributed by atoms with Gasteiger partial charge in [0.05, 0.1) is 6.07 Å². The molecule has 0 aromatic heterocycles. The van der Waals surface area contributed by atoms with E-state index >= 15 is 0 Å². The Morgan fingerprint density at radius 2 is 2.40 bits per heavy atom. The highest BCUT2D eigenvalue weighted by molar-refractivity contribution is 5.02. The van der Waals surface area contributed by atoms with Gasteiger partial charge in [0.1, 0.15) is 0 Å². The van der Waals surface area contributed by atoms with Gasteiger partial charge >= 0.3 is 0 Å². The highest BCUT2D eigenvalue weighted by atomic mass is 14.2. The lowest BCUT2D eigenvalue weighted by Gasteiger charge is -1.47. The van der Waals surface area contributed by atoms with E-state index < -0.39 is 0 Å². The summed E-state index contributed by atoms with van der Waals surface area (Å²) in [5.41, 5.74) is 0. The third-order valence-electron chi connectivity index (χ3n) is 0.192. The van der Waals surface area contributed by atoms with Crippen LogP contribution in [0.1, 0.15) is 0 Å². The maximum atomic E-state index is 7.69. The van der Waals surface area contributed by atoms with Crippen LogP contribution in [0.5, 0.6) is 0 Å². The van der Waals surface area contributed by atoms with Crippen LogP contribution in [0.3, 0.4) is 0 Å². The molecule has 0 saturated carbocycles. The molecule has 5 heavy (non-hydrogen) atoms. The molecule has 0 atom stereocenters. The predicted molar refractivity (Wildman–Crippen MR) is 20.1 cm³/mol. The van der Waals surface area contributed by atoms with Crippen LogP contribution in [0, 0.1) is 18.3 Å². The summed E-state index contributed by atoms with van der Waals surface area (Å²) < 4.78 is 0. The fraction of sp³-hybridized carbons (Fsp3) is 0. The second kappa shape index (κ2) is 3.23. The van der Waals surface area contributed by atoms with E-state index in [0.29, 0.717) is 0 Å². The molecule has 0 fully saturated rings. The van der Waals surface area contributed by atoms with Crippen molar-refractivity contribution in [2.45, 2.75) is 0 Å². The lowest BCUT2D eigenvalue weighted by molar-refractivity contribution is 1.53. The first-order chi connectivity index (χ1) is 2.41. The number of nitriles is 1. The summed E-state index contributed by atoms with van der Waals surface area (Å²) in [5.74, 6) is 0. The highest BCUT2D eigenvalue weighted by Gasteiger charge is 1.46. The van der Waals surface area contributed by atoms with E-state index in [1.165, 1.54) is 12.2 Å². The molecule has 0 aromatic rings. The van der Waals surface area contributed by atoms with Gasteiger partial charge in [0.25, 0.3) is 0 Å². The molecule has 0 unspecified atom stereocenters. The zero-order valence-electron chi connectivity index (χ0n) is 2.81. The quantitative estimate of drug-likeness (QED) is 0.385. The first-order valence-electron chi connectivity index (χ1n) is 1.25. The Morgan fingerprint density at radius 3 is 2.40 bits per heavy atom. The first-order valence-corrected chi connectivity index (χ1v) is 1.25. The van der Waals surface area contributed by atoms with Crippen LogP contribution in [0.4, 0.5) is 0 Å². The maximum Gasteiger partial charge on any atom is 0.0908 e. The minimum atomic E-state index is 1.32. The number of allylic oxidation sites excluding steroid dienone is 2. The molecule has 0 aliphatic rings. The van der Waals surface area contributed by atoms with E-state index in [2.05, 4.69) is 6.92 Å². The van der Waals surface area contributed by atoms with Crippen molar-refractivity contribution in [1.82, 2.24) is 0 Å². The molecule has 25 valence electrons. The zero-order valence-corrected chi connectivity index (χ0v) is 2.81. The second-order valence-electron chi connectivity index (χ2n) is 0.531. The summed E-state index contributed by atoms with van der Waals surface area (Å²) in [6.07, 6.45) is 2.76. The van der Waals surface area contributed by atoms with Gasteiger partial charge in [-0.3, -0.25) is 0 Å². The van der Waals surface area contributed by atoms with Gasteiger partial charge in [0.2, 0.25) is 0 Å². The van der Waals surface area contributed by atoms with Crippen LogP contribution in [-0.2, 0) is 0 Å². The van der Waals surface area contributed by atoms with E-state index in [-0.39, 0.29) is 0 Å². The Morgan fingerprint density at radius 1 is 1.80 bits per heavy atom. The number of rotatable bonds is 0. The lowest BCUT2D eigenvalue weighted by Crippen LogP contribution is -1.36. The summed E-state index contributed by atoms with van der Waals surface area (Å²) in [6.45, 7) is 3.27. The molecule has 0 heterocycles. The van der Waals surface area contributed by atoms with Crippen molar-refractivity contribution >= 4 is 0 Å². The van der Waals surface area contributed by atoms with Crippen LogP contribution < -0.4 is 0 Å². The fourth-order valence-electron chi connectivity index (χ4n) is 0.0527. The van der Waals surface area contributed by atoms with Gasteiger partial charge in [0, 0.05) is 6.08 Å². The topological polar surface area (TPSA) is 23.8 Å². The SMILES string of the molecule is [CH2]/C=C/C#N. The average molecular weight is 66.1 g/mol. The predicted octanol–water partition coefficient (Wildman–Crippen LogP) is 0.900. The van der Waals surface area contributed by atoms with Crippen LogP contribution in [0.25, 0.3) is 0 Å². The van der Waals surface area contributed by atoms with Gasteiger partial charge < -0.3 is 0 Å². The van der Waals surface area contributed by atoms with Gasteiger partial charge in [-0.15, -0.1) is 0 Å². The van der Waals surface area contributed by atoms with E-state index in [1.807, 2.05) is 0 Å². The Bertz CT molecular complexity index is 66.2. The molecule has 0 amide bonds.